The molecule has 17 unspecified atom stereocenters. The van der Waals surface area contributed by atoms with Crippen LogP contribution >= 0.6 is 0 Å². The summed E-state index contributed by atoms with van der Waals surface area (Å²) in [4.78, 5) is 13.4. The predicted octanol–water partition coefficient (Wildman–Crippen LogP) is 9.66. The molecule has 19 nitrogen and oxygen atoms in total. The van der Waals surface area contributed by atoms with Crippen molar-refractivity contribution in [3.8, 4) is 0 Å². The molecule has 0 aromatic heterocycles. The Kier molecular flexibility index (Phi) is 48.5. The molecule has 530 valence electrons. The van der Waals surface area contributed by atoms with E-state index in [4.69, 9.17) is 28.4 Å². The molecule has 0 radical (unpaired) electrons. The second-order valence-electron chi connectivity index (χ2n) is 24.9. The van der Waals surface area contributed by atoms with Gasteiger partial charge in [-0.2, -0.15) is 0 Å². The topological polar surface area (TPSA) is 307 Å². The lowest BCUT2D eigenvalue weighted by Crippen LogP contribution is -2.66. The number of aliphatic hydroxyl groups excluding tert-OH is 11. The van der Waals surface area contributed by atoms with Crippen LogP contribution in [0.4, 0.5) is 0 Å². The molecule has 0 spiro atoms. The van der Waals surface area contributed by atoms with Crippen molar-refractivity contribution in [3.05, 3.63) is 97.2 Å². The van der Waals surface area contributed by atoms with Crippen LogP contribution in [-0.4, -0.2) is 193 Å². The maximum atomic E-state index is 13.4. The van der Waals surface area contributed by atoms with E-state index in [1.807, 2.05) is 6.08 Å². The van der Waals surface area contributed by atoms with E-state index in [-0.39, 0.29) is 18.9 Å². The fourth-order valence-corrected chi connectivity index (χ4v) is 11.4. The Morgan fingerprint density at radius 1 is 0.402 bits per heavy atom. The molecular weight excluding hydrogens is 1180 g/mol. The Balaban J connectivity index is 1.46. The van der Waals surface area contributed by atoms with Gasteiger partial charge in [-0.25, -0.2) is 0 Å². The third-order valence-corrected chi connectivity index (χ3v) is 17.1. The molecule has 1 amide bonds. The molecule has 0 saturated carbocycles. The fraction of sp³-hybridized carbons (Fsp3) is 0.767. The van der Waals surface area contributed by atoms with E-state index >= 15 is 0 Å². The average Bonchev–Trinajstić information content (AvgIpc) is 0.837. The minimum absolute atomic E-state index is 0.219. The summed E-state index contributed by atoms with van der Waals surface area (Å²) in [6, 6.07) is -1.01. The van der Waals surface area contributed by atoms with Crippen molar-refractivity contribution in [3.63, 3.8) is 0 Å². The number of hydrogen-bond donors (Lipinski definition) is 12. The summed E-state index contributed by atoms with van der Waals surface area (Å²) >= 11 is 0. The standard InChI is InChI=1S/C73H125NO18/c1-3-5-7-9-11-13-15-17-19-21-23-25-27-28-29-31-33-35-37-39-41-43-45-47-49-51-61(79)74-56(57(78)50-48-46-44-42-40-38-36-34-32-30-26-24-22-20-18-16-14-12-10-8-6-4-2)55-87-71-67(85)64(82)69(59(53-76)89-71)92-73-68(86)65(83)70(60(54-77)90-73)91-72-66(84)63(81)62(80)58(52-75)88-72/h5,7,11,13,17,19,23,25,28-29,32,34,40,42,48,50,56-60,62-73,75-78,80-86H,3-4,6,8-10,12,14-16,18,20-22,24,26-27,30-31,33,35-39,41,43-47,49,51-55H2,1-2H3,(H,74,79)/b7-5-,13-11-,19-17-,25-23-,29-28-,34-32+,42-40+,50-48+. The first kappa shape index (κ1) is 82.9. The van der Waals surface area contributed by atoms with E-state index in [9.17, 15) is 61.0 Å². The molecule has 3 aliphatic heterocycles. The summed E-state index contributed by atoms with van der Waals surface area (Å²) in [6.45, 7) is 1.59. The molecule has 17 atom stereocenters. The number of allylic oxidation sites excluding steroid dienone is 15. The zero-order valence-corrected chi connectivity index (χ0v) is 56.0. The van der Waals surface area contributed by atoms with Crippen LogP contribution in [0.5, 0.6) is 0 Å². The van der Waals surface area contributed by atoms with Gasteiger partial charge in [-0.1, -0.05) is 227 Å². The lowest BCUT2D eigenvalue weighted by molar-refractivity contribution is -0.379. The molecule has 3 saturated heterocycles. The minimum atomic E-state index is -1.99. The van der Waals surface area contributed by atoms with Crippen molar-refractivity contribution in [2.75, 3.05) is 26.4 Å². The third kappa shape index (κ3) is 35.1. The molecule has 0 aliphatic carbocycles. The van der Waals surface area contributed by atoms with Gasteiger partial charge in [0, 0.05) is 6.42 Å². The largest absolute Gasteiger partial charge is 0.394 e. The van der Waals surface area contributed by atoms with Crippen LogP contribution in [-0.2, 0) is 33.2 Å². The van der Waals surface area contributed by atoms with Crippen LogP contribution in [0.2, 0.25) is 0 Å². The Morgan fingerprint density at radius 2 is 0.761 bits per heavy atom. The molecule has 92 heavy (non-hydrogen) atoms. The Labute approximate surface area is 552 Å². The summed E-state index contributed by atoms with van der Waals surface area (Å²) in [5.41, 5.74) is 0. The van der Waals surface area contributed by atoms with Crippen LogP contribution in [0.15, 0.2) is 97.2 Å². The Hall–Kier alpha value is -3.29. The van der Waals surface area contributed by atoms with Crippen molar-refractivity contribution in [2.45, 2.75) is 330 Å². The van der Waals surface area contributed by atoms with Gasteiger partial charge in [-0.3, -0.25) is 4.79 Å². The van der Waals surface area contributed by atoms with Crippen molar-refractivity contribution in [1.29, 1.82) is 0 Å². The van der Waals surface area contributed by atoms with E-state index in [0.29, 0.717) is 12.8 Å². The van der Waals surface area contributed by atoms with Gasteiger partial charge in [0.25, 0.3) is 0 Å². The van der Waals surface area contributed by atoms with Crippen molar-refractivity contribution in [2.24, 2.45) is 0 Å². The number of ether oxygens (including phenoxy) is 6. The quantitative estimate of drug-likeness (QED) is 0.0199. The normalized spacial score (nSPS) is 28.3. The lowest BCUT2D eigenvalue weighted by Gasteiger charge is -2.48. The molecule has 3 aliphatic rings. The molecule has 3 rings (SSSR count). The van der Waals surface area contributed by atoms with E-state index in [0.717, 1.165) is 89.9 Å². The monoisotopic (exact) mass is 1300 g/mol. The maximum absolute atomic E-state index is 13.4. The highest BCUT2D eigenvalue weighted by Gasteiger charge is 2.53. The van der Waals surface area contributed by atoms with Crippen LogP contribution < -0.4 is 5.32 Å². The second-order valence-corrected chi connectivity index (χ2v) is 24.9. The highest BCUT2D eigenvalue weighted by molar-refractivity contribution is 5.76. The molecule has 12 N–H and O–H groups in total. The lowest BCUT2D eigenvalue weighted by atomic mass is 9.96. The highest BCUT2D eigenvalue weighted by Crippen LogP contribution is 2.33. The van der Waals surface area contributed by atoms with Crippen molar-refractivity contribution < 1.29 is 89.4 Å². The summed E-state index contributed by atoms with van der Waals surface area (Å²) < 4.78 is 34.3. The number of aliphatic hydroxyl groups is 11. The first-order valence-corrected chi connectivity index (χ1v) is 35.5. The van der Waals surface area contributed by atoms with Crippen molar-refractivity contribution >= 4 is 5.91 Å². The van der Waals surface area contributed by atoms with E-state index in [2.05, 4.69) is 104 Å². The SMILES string of the molecule is CC/C=C\C/C=C\C/C=C\C/C=C\C/C=C\CCCCCCCCCCCC(=O)NC(COC1OC(CO)C(OC2OC(CO)C(OC3OC(CO)C(O)C(O)C3O)C(O)C2O)C(O)C1O)C(O)/C=C/CC/C=C/CC/C=C/CCCCCCCCCCCCCC. The summed E-state index contributed by atoms with van der Waals surface area (Å²) in [6.07, 6.45) is 43.7. The Bertz CT molecular complexity index is 2040. The summed E-state index contributed by atoms with van der Waals surface area (Å²) in [7, 11) is 0. The highest BCUT2D eigenvalue weighted by atomic mass is 16.8. The average molecular weight is 1300 g/mol. The Morgan fingerprint density at radius 3 is 1.22 bits per heavy atom. The number of carbonyl (C=O) groups excluding carboxylic acids is 1. The van der Waals surface area contributed by atoms with Gasteiger partial charge in [-0.15, -0.1) is 0 Å². The summed E-state index contributed by atoms with van der Waals surface area (Å²) in [5.74, 6) is -0.299. The number of unbranched alkanes of at least 4 members (excludes halogenated alkanes) is 23. The number of amides is 1. The van der Waals surface area contributed by atoms with Crippen LogP contribution in [0.3, 0.4) is 0 Å². The van der Waals surface area contributed by atoms with E-state index in [1.54, 1.807) is 6.08 Å². The second kappa shape index (κ2) is 53.8. The third-order valence-electron chi connectivity index (χ3n) is 17.1. The van der Waals surface area contributed by atoms with Crippen LogP contribution in [0.1, 0.15) is 226 Å². The fourth-order valence-electron chi connectivity index (χ4n) is 11.4. The number of carbonyl (C=O) groups is 1. The molecule has 19 heteroatoms. The first-order chi connectivity index (χ1) is 44.8. The number of hydrogen-bond acceptors (Lipinski definition) is 18. The molecular formula is C73H125NO18. The smallest absolute Gasteiger partial charge is 0.220 e. The van der Waals surface area contributed by atoms with E-state index in [1.165, 1.54) is 103 Å². The number of nitrogens with one attached hydrogen (secondary N) is 1. The van der Waals surface area contributed by atoms with Gasteiger partial charge in [0.05, 0.1) is 38.6 Å². The van der Waals surface area contributed by atoms with Gasteiger partial charge in [0.2, 0.25) is 5.91 Å². The van der Waals surface area contributed by atoms with E-state index < -0.39 is 124 Å². The van der Waals surface area contributed by atoms with Gasteiger partial charge in [0.1, 0.15) is 73.2 Å². The summed E-state index contributed by atoms with van der Waals surface area (Å²) in [5, 5.41) is 121. The zero-order chi connectivity index (χ0) is 66.8. The van der Waals surface area contributed by atoms with Crippen LogP contribution in [0.25, 0.3) is 0 Å². The molecule has 0 aromatic rings. The van der Waals surface area contributed by atoms with Crippen molar-refractivity contribution in [1.82, 2.24) is 5.32 Å². The van der Waals surface area contributed by atoms with Crippen LogP contribution in [0, 0.1) is 0 Å². The zero-order valence-electron chi connectivity index (χ0n) is 56.0. The molecule has 3 heterocycles. The molecule has 0 bridgehead atoms. The molecule has 0 aromatic carbocycles. The maximum Gasteiger partial charge on any atom is 0.220 e. The number of rotatable bonds is 53. The molecule has 3 fully saturated rings. The first-order valence-electron chi connectivity index (χ1n) is 35.5. The van der Waals surface area contributed by atoms with Gasteiger partial charge >= 0.3 is 0 Å². The predicted molar refractivity (Wildman–Crippen MR) is 360 cm³/mol. The van der Waals surface area contributed by atoms with Gasteiger partial charge < -0.3 is 89.9 Å². The minimum Gasteiger partial charge on any atom is -0.394 e. The van der Waals surface area contributed by atoms with Gasteiger partial charge in [0.15, 0.2) is 18.9 Å². The van der Waals surface area contributed by atoms with Gasteiger partial charge in [-0.05, 0) is 89.9 Å².